The van der Waals surface area contributed by atoms with Crippen molar-refractivity contribution in [2.24, 2.45) is 16.2 Å². The molecule has 1 spiro atoms. The fourth-order valence-corrected chi connectivity index (χ4v) is 13.3. The van der Waals surface area contributed by atoms with Crippen molar-refractivity contribution < 1.29 is 9.53 Å². The van der Waals surface area contributed by atoms with Gasteiger partial charge in [-0.25, -0.2) is 0 Å². The predicted molar refractivity (Wildman–Crippen MR) is 182 cm³/mol. The van der Waals surface area contributed by atoms with Crippen LogP contribution in [0.4, 0.5) is 5.69 Å². The Hall–Kier alpha value is -3.09. The molecular formula is C40H48N4O2. The summed E-state index contributed by atoms with van der Waals surface area (Å²) in [5.41, 5.74) is 6.16. The van der Waals surface area contributed by atoms with E-state index in [0.717, 1.165) is 58.2 Å². The number of nitrogens with zero attached hydrogens (tertiary/aromatic N) is 3. The maximum Gasteiger partial charge on any atom is 0.316 e. The maximum absolute atomic E-state index is 15.3. The number of benzene rings is 2. The second-order valence-corrected chi connectivity index (χ2v) is 16.0. The Bertz CT molecular complexity index is 1810. The number of aromatic nitrogens is 1. The molecule has 46 heavy (non-hydrogen) atoms. The number of rotatable bonds is 4. The lowest BCUT2D eigenvalue weighted by molar-refractivity contribution is -0.174. The Labute approximate surface area is 273 Å². The summed E-state index contributed by atoms with van der Waals surface area (Å²) in [6, 6.07) is 18.9. The van der Waals surface area contributed by atoms with E-state index in [1.54, 1.807) is 12.7 Å². The first-order chi connectivity index (χ1) is 22.5. The zero-order chi connectivity index (χ0) is 31.1. The standard InChI is InChI=1S/C40H48N4O2/c1-4-37-17-10-20-42-22-16-27-26-12-6-9-15-30(26)44(32(27)33(37)42)31(24-37)40(36(45)46-3)25-38(5-2)18-11-21-43-23-19-39(35(38)43)28-13-7-8-14-29(28)41-34(39)40/h6-9,11-15,18,31,33-35,41H,4-5,10,16-17,19-25H2,1-3H3/t31-,33+,34-,35+,37-,38-,39+,40+/m0/s1. The first-order valence-corrected chi connectivity index (χ1v) is 18.2. The van der Waals surface area contributed by atoms with Crippen LogP contribution in [0.25, 0.3) is 10.9 Å². The SMILES string of the molecule is CC[C@]12C=CCN3CC[C@]4(c5ccccc5N[C@@H]4[C@](C(=O)OC)([C@@H]4C[C@]5(CC)CCCN6CCc7c(n4c4ccccc74)[C@@H]65)C1)[C@H]32. The van der Waals surface area contributed by atoms with Gasteiger partial charge in [0.1, 0.15) is 5.41 Å². The van der Waals surface area contributed by atoms with Gasteiger partial charge in [0.05, 0.1) is 25.2 Å². The topological polar surface area (TPSA) is 49.7 Å². The molecular weight excluding hydrogens is 568 g/mol. The summed E-state index contributed by atoms with van der Waals surface area (Å²) in [5, 5.41) is 5.57. The van der Waals surface area contributed by atoms with Gasteiger partial charge in [-0.05, 0) is 93.1 Å². The highest BCUT2D eigenvalue weighted by atomic mass is 16.5. The zero-order valence-electron chi connectivity index (χ0n) is 27.7. The number of esters is 1. The average molecular weight is 617 g/mol. The molecule has 10 rings (SSSR count). The molecule has 1 saturated carbocycles. The number of piperidine rings is 1. The van der Waals surface area contributed by atoms with Gasteiger partial charge in [0.25, 0.3) is 0 Å². The molecule has 6 heteroatoms. The molecule has 3 aromatic rings. The maximum atomic E-state index is 15.3. The van der Waals surface area contributed by atoms with Crippen molar-refractivity contribution in [1.29, 1.82) is 0 Å². The van der Waals surface area contributed by atoms with Gasteiger partial charge in [0, 0.05) is 52.2 Å². The van der Waals surface area contributed by atoms with Gasteiger partial charge in [-0.2, -0.15) is 0 Å². The monoisotopic (exact) mass is 616 g/mol. The smallest absolute Gasteiger partial charge is 0.316 e. The number of nitrogens with one attached hydrogen (secondary N) is 1. The van der Waals surface area contributed by atoms with Gasteiger partial charge in [-0.3, -0.25) is 14.6 Å². The largest absolute Gasteiger partial charge is 0.468 e. The lowest BCUT2D eigenvalue weighted by Gasteiger charge is -2.65. The van der Waals surface area contributed by atoms with E-state index in [2.05, 4.69) is 94.2 Å². The molecule has 3 fully saturated rings. The lowest BCUT2D eigenvalue weighted by Crippen LogP contribution is -2.72. The van der Waals surface area contributed by atoms with E-state index in [9.17, 15) is 0 Å². The number of ether oxygens (including phenoxy) is 1. The van der Waals surface area contributed by atoms with Gasteiger partial charge in [0.15, 0.2) is 0 Å². The number of fused-ring (bicyclic) bond motifs is 4. The Kier molecular flexibility index (Phi) is 5.65. The molecule has 0 radical (unpaired) electrons. The van der Waals surface area contributed by atoms with Crippen LogP contribution < -0.4 is 5.32 Å². The van der Waals surface area contributed by atoms with Crippen molar-refractivity contribution >= 4 is 22.6 Å². The fraction of sp³-hybridized carbons (Fsp3) is 0.575. The third-order valence-corrected chi connectivity index (χ3v) is 14.8. The minimum atomic E-state index is -0.750. The lowest BCUT2D eigenvalue weighted by atomic mass is 9.43. The Morgan fingerprint density at radius 1 is 1.00 bits per heavy atom. The fourth-order valence-electron chi connectivity index (χ4n) is 13.3. The van der Waals surface area contributed by atoms with E-state index >= 15 is 4.79 Å². The summed E-state index contributed by atoms with van der Waals surface area (Å²) < 4.78 is 8.91. The number of carbonyl (C=O) groups excluding carboxylic acids is 1. The van der Waals surface area contributed by atoms with Crippen LogP contribution >= 0.6 is 0 Å². The molecule has 1 aliphatic carbocycles. The number of hydrogen-bond donors (Lipinski definition) is 1. The highest BCUT2D eigenvalue weighted by Crippen LogP contribution is 2.72. The highest BCUT2D eigenvalue weighted by Gasteiger charge is 2.76. The number of anilines is 1. The molecule has 240 valence electrons. The van der Waals surface area contributed by atoms with E-state index < -0.39 is 5.41 Å². The van der Waals surface area contributed by atoms with Crippen LogP contribution in [0.5, 0.6) is 0 Å². The minimum Gasteiger partial charge on any atom is -0.468 e. The quantitative estimate of drug-likeness (QED) is 0.253. The molecule has 1 N–H and O–H groups in total. The van der Waals surface area contributed by atoms with E-state index in [1.165, 1.54) is 47.2 Å². The second kappa shape index (κ2) is 9.29. The zero-order valence-corrected chi connectivity index (χ0v) is 27.7. The van der Waals surface area contributed by atoms with Gasteiger partial charge in [-0.1, -0.05) is 62.4 Å². The summed E-state index contributed by atoms with van der Waals surface area (Å²) in [5.74, 6) is -0.00871. The second-order valence-electron chi connectivity index (χ2n) is 16.0. The molecule has 2 saturated heterocycles. The van der Waals surface area contributed by atoms with Crippen molar-refractivity contribution in [1.82, 2.24) is 14.4 Å². The number of hydrogen-bond acceptors (Lipinski definition) is 5. The first kappa shape index (κ1) is 28.0. The average Bonchev–Trinajstić information content (AvgIpc) is 3.78. The van der Waals surface area contributed by atoms with Crippen LogP contribution in [-0.4, -0.2) is 65.7 Å². The van der Waals surface area contributed by atoms with Crippen molar-refractivity contribution in [3.8, 4) is 0 Å². The van der Waals surface area contributed by atoms with E-state index in [0.29, 0.717) is 12.1 Å². The summed E-state index contributed by atoms with van der Waals surface area (Å²) in [7, 11) is 1.66. The highest BCUT2D eigenvalue weighted by molar-refractivity contribution is 5.88. The van der Waals surface area contributed by atoms with Gasteiger partial charge >= 0.3 is 5.97 Å². The van der Waals surface area contributed by atoms with Crippen molar-refractivity contribution in [2.45, 2.75) is 94.8 Å². The normalized spacial score (nSPS) is 40.2. The molecule has 7 aliphatic rings. The molecule has 0 bridgehead atoms. The molecule has 0 unspecified atom stereocenters. The summed E-state index contributed by atoms with van der Waals surface area (Å²) in [6.07, 6.45) is 13.6. The molecule has 8 atom stereocenters. The van der Waals surface area contributed by atoms with Crippen LogP contribution in [0, 0.1) is 16.2 Å². The van der Waals surface area contributed by atoms with Crippen molar-refractivity contribution in [3.63, 3.8) is 0 Å². The first-order valence-electron chi connectivity index (χ1n) is 18.2. The summed E-state index contributed by atoms with van der Waals surface area (Å²) >= 11 is 0. The van der Waals surface area contributed by atoms with Crippen LogP contribution in [0.15, 0.2) is 60.7 Å². The van der Waals surface area contributed by atoms with Crippen LogP contribution in [0.2, 0.25) is 0 Å². The Morgan fingerprint density at radius 2 is 1.85 bits per heavy atom. The Morgan fingerprint density at radius 3 is 2.70 bits per heavy atom. The number of carbonyl (C=O) groups is 1. The Balaban J connectivity index is 1.31. The molecule has 1 aromatic heterocycles. The molecule has 0 amide bonds. The minimum absolute atomic E-state index is 0.000267. The van der Waals surface area contributed by atoms with Crippen molar-refractivity contribution in [3.05, 3.63) is 77.5 Å². The van der Waals surface area contributed by atoms with Gasteiger partial charge < -0.3 is 14.6 Å². The summed E-state index contributed by atoms with van der Waals surface area (Å²) in [4.78, 5) is 20.9. The van der Waals surface area contributed by atoms with Crippen LogP contribution in [-0.2, 0) is 21.4 Å². The molecule has 7 heterocycles. The molecule has 6 nitrogen and oxygen atoms in total. The number of para-hydroxylation sites is 2. The third kappa shape index (κ3) is 3.02. The van der Waals surface area contributed by atoms with E-state index in [4.69, 9.17) is 4.74 Å². The summed E-state index contributed by atoms with van der Waals surface area (Å²) in [6.45, 7) is 9.22. The third-order valence-electron chi connectivity index (χ3n) is 14.8. The van der Waals surface area contributed by atoms with Gasteiger partial charge in [0.2, 0.25) is 0 Å². The van der Waals surface area contributed by atoms with E-state index in [-0.39, 0.29) is 34.3 Å². The van der Waals surface area contributed by atoms with Crippen LogP contribution in [0.3, 0.4) is 0 Å². The van der Waals surface area contributed by atoms with Gasteiger partial charge in [-0.15, -0.1) is 0 Å². The van der Waals surface area contributed by atoms with Crippen LogP contribution in [0.1, 0.15) is 87.7 Å². The van der Waals surface area contributed by atoms with E-state index in [1.807, 2.05) is 0 Å². The predicted octanol–water partition coefficient (Wildman–Crippen LogP) is 7.01. The molecule has 6 aliphatic heterocycles. The van der Waals surface area contributed by atoms with Crippen molar-refractivity contribution in [2.75, 3.05) is 38.6 Å². The molecule has 2 aromatic carbocycles. The number of methoxy groups -OCH3 is 1.